The first-order chi connectivity index (χ1) is 9.13. The number of hydrogen-bond donors (Lipinski definition) is 1. The highest BCUT2D eigenvalue weighted by Gasteiger charge is 2.10. The van der Waals surface area contributed by atoms with Crippen LogP contribution in [0, 0.1) is 6.92 Å². The van der Waals surface area contributed by atoms with Crippen LogP contribution in [0.25, 0.3) is 0 Å². The molecule has 0 amide bonds. The van der Waals surface area contributed by atoms with Crippen molar-refractivity contribution in [2.45, 2.75) is 13.3 Å². The fourth-order valence-corrected chi connectivity index (χ4v) is 2.19. The molecule has 0 unspecified atom stereocenters. The molecule has 2 rings (SSSR count). The Kier molecular flexibility index (Phi) is 3.95. The van der Waals surface area contributed by atoms with E-state index in [1.165, 1.54) is 5.56 Å². The smallest absolute Gasteiger partial charge is 0.126 e. The van der Waals surface area contributed by atoms with Gasteiger partial charge in [0.2, 0.25) is 0 Å². The van der Waals surface area contributed by atoms with Crippen LogP contribution in [-0.4, -0.2) is 14.2 Å². The third kappa shape index (κ3) is 2.99. The summed E-state index contributed by atoms with van der Waals surface area (Å²) in [5.74, 6) is 1.66. The van der Waals surface area contributed by atoms with E-state index < -0.39 is 0 Å². The van der Waals surface area contributed by atoms with Crippen molar-refractivity contribution in [3.8, 4) is 11.5 Å². The predicted molar refractivity (Wildman–Crippen MR) is 77.9 cm³/mol. The van der Waals surface area contributed by atoms with Crippen LogP contribution in [0.4, 0.5) is 5.69 Å². The zero-order valence-corrected chi connectivity index (χ0v) is 11.6. The first-order valence-electron chi connectivity index (χ1n) is 6.20. The molecule has 2 N–H and O–H groups in total. The van der Waals surface area contributed by atoms with E-state index in [2.05, 4.69) is 13.0 Å². The Labute approximate surface area is 114 Å². The van der Waals surface area contributed by atoms with Gasteiger partial charge in [-0.3, -0.25) is 0 Å². The number of ether oxygens (including phenoxy) is 2. The van der Waals surface area contributed by atoms with Gasteiger partial charge >= 0.3 is 0 Å². The molecule has 2 aromatic carbocycles. The van der Waals surface area contributed by atoms with Gasteiger partial charge in [-0.15, -0.1) is 0 Å². The third-order valence-corrected chi connectivity index (χ3v) is 3.19. The molecule has 3 heteroatoms. The van der Waals surface area contributed by atoms with Gasteiger partial charge in [0.15, 0.2) is 0 Å². The lowest BCUT2D eigenvalue weighted by Crippen LogP contribution is -1.99. The number of rotatable bonds is 4. The molecule has 0 fully saturated rings. The maximum Gasteiger partial charge on any atom is 0.126 e. The Morgan fingerprint density at radius 3 is 2.47 bits per heavy atom. The van der Waals surface area contributed by atoms with Crippen LogP contribution in [0.5, 0.6) is 11.5 Å². The van der Waals surface area contributed by atoms with Crippen molar-refractivity contribution in [1.29, 1.82) is 0 Å². The van der Waals surface area contributed by atoms with Crippen molar-refractivity contribution < 1.29 is 9.47 Å². The summed E-state index contributed by atoms with van der Waals surface area (Å²) in [5.41, 5.74) is 10.1. The van der Waals surface area contributed by atoms with E-state index in [4.69, 9.17) is 15.2 Å². The van der Waals surface area contributed by atoms with Crippen molar-refractivity contribution in [3.05, 3.63) is 53.1 Å². The average molecular weight is 257 g/mol. The normalized spacial score (nSPS) is 10.3. The molecule has 19 heavy (non-hydrogen) atoms. The second-order valence-electron chi connectivity index (χ2n) is 4.55. The van der Waals surface area contributed by atoms with E-state index in [1.807, 2.05) is 30.3 Å². The van der Waals surface area contributed by atoms with Gasteiger partial charge in [-0.05, 0) is 36.2 Å². The lowest BCUT2D eigenvalue weighted by molar-refractivity contribution is 0.391. The molecule has 0 aliphatic rings. The van der Waals surface area contributed by atoms with Gasteiger partial charge in [-0.2, -0.15) is 0 Å². The summed E-state index contributed by atoms with van der Waals surface area (Å²) in [6, 6.07) is 11.8. The SMILES string of the molecule is COc1cc(C)c(Cc2cccc(N)c2)c(OC)c1. The summed E-state index contributed by atoms with van der Waals surface area (Å²) < 4.78 is 10.7. The van der Waals surface area contributed by atoms with Gasteiger partial charge in [0.05, 0.1) is 14.2 Å². The first-order valence-corrected chi connectivity index (χ1v) is 6.20. The summed E-state index contributed by atoms with van der Waals surface area (Å²) in [7, 11) is 3.34. The largest absolute Gasteiger partial charge is 0.497 e. The van der Waals surface area contributed by atoms with Gasteiger partial charge in [0, 0.05) is 23.7 Å². The Bertz CT molecular complexity index is 579. The predicted octanol–water partition coefficient (Wildman–Crippen LogP) is 3.19. The van der Waals surface area contributed by atoms with Crippen LogP contribution in [0.1, 0.15) is 16.7 Å². The zero-order chi connectivity index (χ0) is 13.8. The van der Waals surface area contributed by atoms with E-state index >= 15 is 0 Å². The Hall–Kier alpha value is -2.16. The lowest BCUT2D eigenvalue weighted by atomic mass is 9.99. The van der Waals surface area contributed by atoms with E-state index in [9.17, 15) is 0 Å². The average Bonchev–Trinajstić information content (AvgIpc) is 2.40. The van der Waals surface area contributed by atoms with Gasteiger partial charge in [-0.1, -0.05) is 12.1 Å². The maximum atomic E-state index is 5.82. The molecule has 2 aromatic rings. The minimum absolute atomic E-state index is 0.780. The zero-order valence-electron chi connectivity index (χ0n) is 11.6. The van der Waals surface area contributed by atoms with Crippen molar-refractivity contribution in [2.75, 3.05) is 20.0 Å². The van der Waals surface area contributed by atoms with Crippen molar-refractivity contribution in [2.24, 2.45) is 0 Å². The number of aryl methyl sites for hydroxylation is 1. The van der Waals surface area contributed by atoms with Crippen molar-refractivity contribution in [1.82, 2.24) is 0 Å². The highest BCUT2D eigenvalue weighted by atomic mass is 16.5. The van der Waals surface area contributed by atoms with E-state index in [0.29, 0.717) is 0 Å². The molecule has 0 spiro atoms. The molecule has 100 valence electrons. The van der Waals surface area contributed by atoms with Crippen molar-refractivity contribution >= 4 is 5.69 Å². The van der Waals surface area contributed by atoms with Crippen LogP contribution in [0.2, 0.25) is 0 Å². The standard InChI is InChI=1S/C16H19NO2/c1-11-7-14(18-2)10-16(19-3)15(11)9-12-5-4-6-13(17)8-12/h4-8,10H,9,17H2,1-3H3. The lowest BCUT2D eigenvalue weighted by Gasteiger charge is -2.14. The molecular formula is C16H19NO2. The van der Waals surface area contributed by atoms with Crippen LogP contribution >= 0.6 is 0 Å². The van der Waals surface area contributed by atoms with Gasteiger partial charge in [-0.25, -0.2) is 0 Å². The molecule has 0 aliphatic carbocycles. The van der Waals surface area contributed by atoms with Gasteiger partial charge in [0.25, 0.3) is 0 Å². The summed E-state index contributed by atoms with van der Waals surface area (Å²) >= 11 is 0. The van der Waals surface area contributed by atoms with E-state index in [-0.39, 0.29) is 0 Å². The van der Waals surface area contributed by atoms with E-state index in [0.717, 1.165) is 34.7 Å². The quantitative estimate of drug-likeness (QED) is 0.855. The summed E-state index contributed by atoms with van der Waals surface area (Å²) in [5, 5.41) is 0. The molecule has 0 atom stereocenters. The Morgan fingerprint density at radius 2 is 1.84 bits per heavy atom. The van der Waals surface area contributed by atoms with Gasteiger partial charge < -0.3 is 15.2 Å². The van der Waals surface area contributed by atoms with Crippen LogP contribution in [0.3, 0.4) is 0 Å². The third-order valence-electron chi connectivity index (χ3n) is 3.19. The second-order valence-corrected chi connectivity index (χ2v) is 4.55. The fourth-order valence-electron chi connectivity index (χ4n) is 2.19. The van der Waals surface area contributed by atoms with Gasteiger partial charge in [0.1, 0.15) is 11.5 Å². The molecular weight excluding hydrogens is 238 g/mol. The summed E-state index contributed by atoms with van der Waals surface area (Å²) in [4.78, 5) is 0. The topological polar surface area (TPSA) is 44.5 Å². The molecule has 0 aromatic heterocycles. The fraction of sp³-hybridized carbons (Fsp3) is 0.250. The number of methoxy groups -OCH3 is 2. The Morgan fingerprint density at radius 1 is 1.05 bits per heavy atom. The number of benzene rings is 2. The molecule has 0 heterocycles. The monoisotopic (exact) mass is 257 g/mol. The van der Waals surface area contributed by atoms with Crippen LogP contribution in [0.15, 0.2) is 36.4 Å². The van der Waals surface area contributed by atoms with Crippen molar-refractivity contribution in [3.63, 3.8) is 0 Å². The number of nitrogen functional groups attached to an aromatic ring is 1. The second kappa shape index (κ2) is 5.65. The molecule has 0 saturated heterocycles. The van der Waals surface area contributed by atoms with Crippen LogP contribution in [-0.2, 0) is 6.42 Å². The molecule has 0 aliphatic heterocycles. The number of nitrogens with two attached hydrogens (primary N) is 1. The van der Waals surface area contributed by atoms with E-state index in [1.54, 1.807) is 14.2 Å². The maximum absolute atomic E-state index is 5.82. The molecule has 0 saturated carbocycles. The summed E-state index contributed by atoms with van der Waals surface area (Å²) in [6.07, 6.45) is 0.796. The highest BCUT2D eigenvalue weighted by Crippen LogP contribution is 2.30. The molecule has 0 bridgehead atoms. The summed E-state index contributed by atoms with van der Waals surface area (Å²) in [6.45, 7) is 2.06. The molecule has 0 radical (unpaired) electrons. The molecule has 3 nitrogen and oxygen atoms in total. The van der Waals surface area contributed by atoms with Crippen LogP contribution < -0.4 is 15.2 Å². The first kappa shape index (κ1) is 13.3. The highest BCUT2D eigenvalue weighted by molar-refractivity contribution is 5.50. The number of anilines is 1. The minimum Gasteiger partial charge on any atom is -0.497 e. The minimum atomic E-state index is 0.780. The Balaban J connectivity index is 2.39. The number of hydrogen-bond acceptors (Lipinski definition) is 3.